The van der Waals surface area contributed by atoms with Gasteiger partial charge in [0.2, 0.25) is 0 Å². The lowest BCUT2D eigenvalue weighted by molar-refractivity contribution is 0.373. The molecular weight excluding hydrogens is 328 g/mol. The normalized spacial score (nSPS) is 12.0. The van der Waals surface area contributed by atoms with Crippen molar-refractivity contribution in [1.29, 1.82) is 5.26 Å². The van der Waals surface area contributed by atoms with Gasteiger partial charge in [0.25, 0.3) is 5.56 Å². The number of hydrogen-bond donors (Lipinski definition) is 2. The third kappa shape index (κ3) is 2.35. The largest absolute Gasteiger partial charge is 0.504 e. The van der Waals surface area contributed by atoms with Crippen molar-refractivity contribution in [2.45, 2.75) is 12.8 Å². The highest BCUT2D eigenvalue weighted by Crippen LogP contribution is 2.40. The molecule has 0 saturated heterocycles. The third-order valence-electron chi connectivity index (χ3n) is 4.83. The summed E-state index contributed by atoms with van der Waals surface area (Å²) in [7, 11) is 1.47. The molecule has 1 aliphatic rings. The lowest BCUT2D eigenvalue weighted by Crippen LogP contribution is -2.19. The van der Waals surface area contributed by atoms with E-state index in [2.05, 4.69) is 11.1 Å². The first-order valence-electron chi connectivity index (χ1n) is 8.29. The van der Waals surface area contributed by atoms with Gasteiger partial charge in [0.1, 0.15) is 11.6 Å². The van der Waals surface area contributed by atoms with Crippen molar-refractivity contribution in [2.75, 3.05) is 7.11 Å². The van der Waals surface area contributed by atoms with Crippen molar-refractivity contribution >= 4 is 0 Å². The molecule has 0 unspecified atom stereocenters. The number of ether oxygens (including phenoxy) is 1. The number of hydrogen-bond acceptors (Lipinski definition) is 4. The maximum absolute atomic E-state index is 12.6. The second-order valence-corrected chi connectivity index (χ2v) is 6.21. The Bertz CT molecular complexity index is 1120. The highest BCUT2D eigenvalue weighted by atomic mass is 16.5. The maximum atomic E-state index is 12.6. The van der Waals surface area contributed by atoms with E-state index in [-0.39, 0.29) is 11.3 Å². The Morgan fingerprint density at radius 2 is 2.00 bits per heavy atom. The average Bonchev–Trinajstić information content (AvgIpc) is 2.67. The summed E-state index contributed by atoms with van der Waals surface area (Å²) >= 11 is 0. The molecule has 1 aromatic heterocycles. The van der Waals surface area contributed by atoms with Crippen LogP contribution in [0.3, 0.4) is 0 Å². The second kappa shape index (κ2) is 6.08. The van der Waals surface area contributed by atoms with Crippen LogP contribution < -0.4 is 10.3 Å². The molecule has 0 amide bonds. The fourth-order valence-electron chi connectivity index (χ4n) is 3.62. The van der Waals surface area contributed by atoms with Gasteiger partial charge in [-0.15, -0.1) is 0 Å². The Kier molecular flexibility index (Phi) is 3.74. The number of aromatic amines is 1. The quantitative estimate of drug-likeness (QED) is 0.746. The van der Waals surface area contributed by atoms with Crippen LogP contribution in [-0.4, -0.2) is 17.2 Å². The number of benzene rings is 2. The molecule has 1 heterocycles. The van der Waals surface area contributed by atoms with Gasteiger partial charge in [-0.25, -0.2) is 0 Å². The zero-order chi connectivity index (χ0) is 18.3. The summed E-state index contributed by atoms with van der Waals surface area (Å²) in [5, 5.41) is 19.5. The zero-order valence-corrected chi connectivity index (χ0v) is 14.2. The van der Waals surface area contributed by atoms with Crippen LogP contribution in [0.4, 0.5) is 0 Å². The summed E-state index contributed by atoms with van der Waals surface area (Å²) in [6, 6.07) is 14.9. The Morgan fingerprint density at radius 3 is 2.77 bits per heavy atom. The van der Waals surface area contributed by atoms with Gasteiger partial charge in [0, 0.05) is 11.1 Å². The smallest absolute Gasteiger partial charge is 0.266 e. The van der Waals surface area contributed by atoms with Crippen molar-refractivity contribution < 1.29 is 9.84 Å². The summed E-state index contributed by atoms with van der Waals surface area (Å²) in [6.07, 6.45) is 1.55. The molecule has 1 aliphatic carbocycles. The van der Waals surface area contributed by atoms with Crippen molar-refractivity contribution in [2.24, 2.45) is 0 Å². The van der Waals surface area contributed by atoms with E-state index in [1.807, 2.05) is 24.3 Å². The highest BCUT2D eigenvalue weighted by molar-refractivity contribution is 5.83. The van der Waals surface area contributed by atoms with Gasteiger partial charge < -0.3 is 14.8 Å². The average molecular weight is 344 g/mol. The minimum atomic E-state index is -0.412. The lowest BCUT2D eigenvalue weighted by Gasteiger charge is -2.23. The molecule has 3 aromatic rings. The van der Waals surface area contributed by atoms with Crippen LogP contribution in [0.15, 0.2) is 47.3 Å². The number of nitriles is 1. The van der Waals surface area contributed by atoms with Crippen molar-refractivity contribution in [1.82, 2.24) is 4.98 Å². The first-order valence-corrected chi connectivity index (χ1v) is 8.29. The SMILES string of the molecule is COc1cc(-c2c3c([nH]c(=O)c2C#N)-c2ccccc2CC3)ccc1O. The minimum Gasteiger partial charge on any atom is -0.504 e. The molecule has 4 rings (SSSR count). The Hall–Kier alpha value is -3.52. The number of aryl methyl sites for hydroxylation is 1. The number of rotatable bonds is 2. The number of methoxy groups -OCH3 is 1. The molecule has 0 bridgehead atoms. The van der Waals surface area contributed by atoms with E-state index in [0.717, 1.165) is 29.7 Å². The van der Waals surface area contributed by atoms with Crippen molar-refractivity contribution in [3.8, 4) is 40.0 Å². The Labute approximate surface area is 150 Å². The second-order valence-electron chi connectivity index (χ2n) is 6.21. The number of phenolic OH excluding ortho intramolecular Hbond substituents is 1. The molecule has 2 aromatic carbocycles. The molecule has 128 valence electrons. The van der Waals surface area contributed by atoms with Gasteiger partial charge in [-0.2, -0.15) is 5.26 Å². The molecule has 5 nitrogen and oxygen atoms in total. The van der Waals surface area contributed by atoms with Crippen LogP contribution in [0.2, 0.25) is 0 Å². The number of phenols is 1. The zero-order valence-electron chi connectivity index (χ0n) is 14.2. The summed E-state index contributed by atoms with van der Waals surface area (Å²) in [5.41, 5.74) is 4.82. The molecule has 0 aliphatic heterocycles. The standard InChI is InChI=1S/C21H16N2O3/c1-26-18-10-13(7-9-17(18)24)19-15-8-6-12-4-2-3-5-14(12)20(15)23-21(25)16(19)11-22/h2-5,7,9-10,24H,6,8H2,1H3,(H,23,25). The number of H-pyrrole nitrogens is 1. The van der Waals surface area contributed by atoms with Crippen LogP contribution in [-0.2, 0) is 12.8 Å². The number of pyridine rings is 1. The summed E-state index contributed by atoms with van der Waals surface area (Å²) in [4.78, 5) is 15.5. The minimum absolute atomic E-state index is 0.0128. The van der Waals surface area contributed by atoms with E-state index in [4.69, 9.17) is 4.74 Å². The molecule has 0 radical (unpaired) electrons. The molecule has 0 spiro atoms. The van der Waals surface area contributed by atoms with Gasteiger partial charge >= 0.3 is 0 Å². The van der Waals surface area contributed by atoms with Crippen molar-refractivity contribution in [3.05, 3.63) is 69.5 Å². The molecule has 0 atom stereocenters. The Morgan fingerprint density at radius 1 is 1.19 bits per heavy atom. The fourth-order valence-corrected chi connectivity index (χ4v) is 3.62. The predicted molar refractivity (Wildman–Crippen MR) is 98.3 cm³/mol. The summed E-state index contributed by atoms with van der Waals surface area (Å²) in [5.74, 6) is 0.315. The predicted octanol–water partition coefficient (Wildman–Crippen LogP) is 3.39. The van der Waals surface area contributed by atoms with Gasteiger partial charge in [-0.05, 0) is 41.7 Å². The number of nitrogens with zero attached hydrogens (tertiary/aromatic N) is 1. The van der Waals surface area contributed by atoms with E-state index in [1.54, 1.807) is 12.1 Å². The van der Waals surface area contributed by atoms with E-state index in [9.17, 15) is 15.2 Å². The van der Waals surface area contributed by atoms with E-state index < -0.39 is 5.56 Å². The topological polar surface area (TPSA) is 86.1 Å². The first-order chi connectivity index (χ1) is 12.6. The lowest BCUT2D eigenvalue weighted by atomic mass is 9.83. The number of nitrogens with one attached hydrogen (secondary N) is 1. The van der Waals surface area contributed by atoms with Crippen LogP contribution in [0.5, 0.6) is 11.5 Å². The van der Waals surface area contributed by atoms with E-state index in [1.165, 1.54) is 18.7 Å². The molecule has 0 fully saturated rings. The summed E-state index contributed by atoms with van der Waals surface area (Å²) in [6.45, 7) is 0. The maximum Gasteiger partial charge on any atom is 0.266 e. The van der Waals surface area contributed by atoms with Crippen molar-refractivity contribution in [3.63, 3.8) is 0 Å². The van der Waals surface area contributed by atoms with Crippen LogP contribution in [0.1, 0.15) is 16.7 Å². The molecule has 5 heteroatoms. The highest BCUT2D eigenvalue weighted by Gasteiger charge is 2.24. The fraction of sp³-hybridized carbons (Fsp3) is 0.143. The van der Waals surface area contributed by atoms with Crippen LogP contribution in [0.25, 0.3) is 22.4 Å². The number of aromatic nitrogens is 1. The molecule has 26 heavy (non-hydrogen) atoms. The molecule has 2 N–H and O–H groups in total. The van der Waals surface area contributed by atoms with Crippen LogP contribution in [0, 0.1) is 11.3 Å². The van der Waals surface area contributed by atoms with Gasteiger partial charge in [-0.1, -0.05) is 30.3 Å². The molecular formula is C21H16N2O3. The Balaban J connectivity index is 2.06. The summed E-state index contributed by atoms with van der Waals surface area (Å²) < 4.78 is 5.19. The van der Waals surface area contributed by atoms with Gasteiger partial charge in [0.15, 0.2) is 11.5 Å². The van der Waals surface area contributed by atoms with Gasteiger partial charge in [-0.3, -0.25) is 4.79 Å². The first kappa shape index (κ1) is 16.0. The number of fused-ring (bicyclic) bond motifs is 3. The third-order valence-corrected chi connectivity index (χ3v) is 4.83. The number of aromatic hydroxyl groups is 1. The van der Waals surface area contributed by atoms with Gasteiger partial charge in [0.05, 0.1) is 12.8 Å². The van der Waals surface area contributed by atoms with E-state index >= 15 is 0 Å². The molecule has 0 saturated carbocycles. The monoisotopic (exact) mass is 344 g/mol. The van der Waals surface area contributed by atoms with E-state index in [0.29, 0.717) is 16.9 Å². The van der Waals surface area contributed by atoms with Crippen LogP contribution >= 0.6 is 0 Å².